The van der Waals surface area contributed by atoms with Crippen LogP contribution in [0.3, 0.4) is 0 Å². The van der Waals surface area contributed by atoms with Gasteiger partial charge >= 0.3 is 0 Å². The first kappa shape index (κ1) is 14.4. The maximum atomic E-state index is 10.8. The summed E-state index contributed by atoms with van der Waals surface area (Å²) in [6.07, 6.45) is 12.9. The van der Waals surface area contributed by atoms with Crippen molar-refractivity contribution in [3.63, 3.8) is 0 Å². The highest BCUT2D eigenvalue weighted by atomic mass is 16.3. The molecule has 0 aromatic heterocycles. The third kappa shape index (κ3) is 2.01. The Morgan fingerprint density at radius 1 is 1.20 bits per heavy atom. The molecule has 5 atom stereocenters. The highest BCUT2D eigenvalue weighted by Gasteiger charge is 2.55. The first-order valence-electron chi connectivity index (χ1n) is 8.38. The van der Waals surface area contributed by atoms with E-state index in [0.29, 0.717) is 17.3 Å². The van der Waals surface area contributed by atoms with Crippen molar-refractivity contribution in [2.75, 3.05) is 0 Å². The molecule has 0 aromatic carbocycles. The fourth-order valence-electron chi connectivity index (χ4n) is 5.65. The standard InChI is InChI=1S/C19H30O/c1-5-17(2)12-9-15-14(13-17)7-8-16-18(15,3)10-6-11-19(16,4)20/h5,13,15-16,20H,1,6-12H2,2-4H3/t15-,16+,17-,18+,19-/m0/s1. The van der Waals surface area contributed by atoms with Gasteiger partial charge < -0.3 is 5.11 Å². The van der Waals surface area contributed by atoms with Crippen LogP contribution in [0.4, 0.5) is 0 Å². The number of hydrogen-bond donors (Lipinski definition) is 1. The third-order valence-electron chi connectivity index (χ3n) is 6.86. The van der Waals surface area contributed by atoms with Crippen LogP contribution < -0.4 is 0 Å². The summed E-state index contributed by atoms with van der Waals surface area (Å²) in [5.41, 5.74) is 1.73. The minimum atomic E-state index is -0.447. The summed E-state index contributed by atoms with van der Waals surface area (Å²) >= 11 is 0. The van der Waals surface area contributed by atoms with E-state index >= 15 is 0 Å². The van der Waals surface area contributed by atoms with Crippen molar-refractivity contribution >= 4 is 0 Å². The van der Waals surface area contributed by atoms with E-state index in [1.54, 1.807) is 5.57 Å². The monoisotopic (exact) mass is 274 g/mol. The van der Waals surface area contributed by atoms with E-state index in [1.165, 1.54) is 38.5 Å². The molecule has 1 N–H and O–H groups in total. The van der Waals surface area contributed by atoms with Crippen LogP contribution in [0.5, 0.6) is 0 Å². The molecule has 0 bridgehead atoms. The molecule has 0 radical (unpaired) electrons. The Kier molecular flexibility index (Phi) is 3.21. The van der Waals surface area contributed by atoms with Gasteiger partial charge in [-0.3, -0.25) is 0 Å². The molecule has 0 aromatic rings. The number of rotatable bonds is 1. The van der Waals surface area contributed by atoms with Gasteiger partial charge in [0.15, 0.2) is 0 Å². The van der Waals surface area contributed by atoms with Gasteiger partial charge in [0.25, 0.3) is 0 Å². The van der Waals surface area contributed by atoms with Crippen LogP contribution in [-0.2, 0) is 0 Å². The van der Waals surface area contributed by atoms with Gasteiger partial charge in [-0.15, -0.1) is 6.58 Å². The predicted molar refractivity (Wildman–Crippen MR) is 84.4 cm³/mol. The Hall–Kier alpha value is -0.560. The van der Waals surface area contributed by atoms with E-state index < -0.39 is 5.60 Å². The Labute approximate surface area is 124 Å². The Morgan fingerprint density at radius 3 is 2.65 bits per heavy atom. The first-order valence-corrected chi connectivity index (χ1v) is 8.38. The van der Waals surface area contributed by atoms with Gasteiger partial charge in [0, 0.05) is 5.41 Å². The smallest absolute Gasteiger partial charge is 0.0653 e. The molecule has 2 fully saturated rings. The second-order valence-electron chi connectivity index (χ2n) is 8.33. The van der Waals surface area contributed by atoms with Crippen molar-refractivity contribution in [2.24, 2.45) is 22.7 Å². The zero-order chi connectivity index (χ0) is 14.6. The number of hydrogen-bond acceptors (Lipinski definition) is 1. The summed E-state index contributed by atoms with van der Waals surface area (Å²) < 4.78 is 0. The highest BCUT2D eigenvalue weighted by Crippen LogP contribution is 2.61. The molecule has 1 nitrogen and oxygen atoms in total. The van der Waals surface area contributed by atoms with Crippen molar-refractivity contribution in [2.45, 2.75) is 71.3 Å². The molecule has 0 spiro atoms. The van der Waals surface area contributed by atoms with Gasteiger partial charge in [-0.2, -0.15) is 0 Å². The SMILES string of the molecule is C=C[C@]1(C)C=C2CC[C@@H]3[C@](C)(CCC[C@]3(C)O)[C@H]2CC1. The average Bonchev–Trinajstić information content (AvgIpc) is 2.37. The fraction of sp³-hybridized carbons (Fsp3) is 0.789. The molecule has 0 unspecified atom stereocenters. The van der Waals surface area contributed by atoms with E-state index in [4.69, 9.17) is 0 Å². The van der Waals surface area contributed by atoms with Crippen LogP contribution in [0, 0.1) is 22.7 Å². The van der Waals surface area contributed by atoms with Gasteiger partial charge in [0.1, 0.15) is 0 Å². The molecule has 1 heteroatoms. The largest absolute Gasteiger partial charge is 0.390 e. The van der Waals surface area contributed by atoms with E-state index in [1.807, 2.05) is 0 Å². The lowest BCUT2D eigenvalue weighted by Crippen LogP contribution is -2.54. The minimum Gasteiger partial charge on any atom is -0.390 e. The number of fused-ring (bicyclic) bond motifs is 3. The van der Waals surface area contributed by atoms with Gasteiger partial charge in [0.2, 0.25) is 0 Å². The lowest BCUT2D eigenvalue weighted by Gasteiger charge is -2.58. The van der Waals surface area contributed by atoms with Gasteiger partial charge in [-0.05, 0) is 62.7 Å². The van der Waals surface area contributed by atoms with Gasteiger partial charge in [-0.1, -0.05) is 38.0 Å². The predicted octanol–water partition coefficient (Wildman–Crippen LogP) is 4.87. The normalized spacial score (nSPS) is 51.7. The third-order valence-corrected chi connectivity index (χ3v) is 6.86. The van der Waals surface area contributed by atoms with E-state index in [0.717, 1.165) is 6.42 Å². The molecular weight excluding hydrogens is 244 g/mol. The van der Waals surface area contributed by atoms with Crippen LogP contribution in [0.15, 0.2) is 24.3 Å². The summed E-state index contributed by atoms with van der Waals surface area (Å²) in [7, 11) is 0. The van der Waals surface area contributed by atoms with Crippen molar-refractivity contribution < 1.29 is 5.11 Å². The summed E-state index contributed by atoms with van der Waals surface area (Å²) in [6.45, 7) is 10.9. The lowest BCUT2D eigenvalue weighted by molar-refractivity contribution is -0.127. The van der Waals surface area contributed by atoms with Gasteiger partial charge in [-0.25, -0.2) is 0 Å². The van der Waals surface area contributed by atoms with E-state index in [9.17, 15) is 5.11 Å². The summed E-state index contributed by atoms with van der Waals surface area (Å²) in [6, 6.07) is 0. The second-order valence-corrected chi connectivity index (χ2v) is 8.33. The molecular formula is C19H30O. The molecule has 112 valence electrons. The van der Waals surface area contributed by atoms with E-state index in [-0.39, 0.29) is 5.41 Å². The molecule has 0 heterocycles. The second kappa shape index (κ2) is 4.47. The minimum absolute atomic E-state index is 0.201. The van der Waals surface area contributed by atoms with Crippen molar-refractivity contribution in [1.29, 1.82) is 0 Å². The molecule has 3 aliphatic rings. The Bertz CT molecular complexity index is 447. The summed E-state index contributed by atoms with van der Waals surface area (Å²) in [4.78, 5) is 0. The van der Waals surface area contributed by atoms with Crippen LogP contribution in [-0.4, -0.2) is 10.7 Å². The maximum absolute atomic E-state index is 10.8. The molecule has 2 saturated carbocycles. The number of aliphatic hydroxyl groups is 1. The molecule has 0 aliphatic heterocycles. The topological polar surface area (TPSA) is 20.2 Å². The molecule has 20 heavy (non-hydrogen) atoms. The molecule has 0 amide bonds. The van der Waals surface area contributed by atoms with E-state index in [2.05, 4.69) is 39.5 Å². The Morgan fingerprint density at radius 2 is 1.95 bits per heavy atom. The Balaban J connectivity index is 1.97. The number of allylic oxidation sites excluding steroid dienone is 3. The van der Waals surface area contributed by atoms with Crippen LogP contribution in [0.25, 0.3) is 0 Å². The van der Waals surface area contributed by atoms with Crippen molar-refractivity contribution in [3.05, 3.63) is 24.3 Å². The average molecular weight is 274 g/mol. The lowest BCUT2D eigenvalue weighted by atomic mass is 9.48. The van der Waals surface area contributed by atoms with Crippen molar-refractivity contribution in [3.8, 4) is 0 Å². The molecule has 3 rings (SSSR count). The molecule has 3 aliphatic carbocycles. The maximum Gasteiger partial charge on any atom is 0.0653 e. The summed E-state index contributed by atoms with van der Waals surface area (Å²) in [5.74, 6) is 1.18. The van der Waals surface area contributed by atoms with Crippen molar-refractivity contribution in [1.82, 2.24) is 0 Å². The quantitative estimate of drug-likeness (QED) is 0.677. The zero-order valence-corrected chi connectivity index (χ0v) is 13.4. The fourth-order valence-corrected chi connectivity index (χ4v) is 5.65. The van der Waals surface area contributed by atoms with Crippen LogP contribution in [0.1, 0.15) is 65.7 Å². The summed E-state index contributed by atoms with van der Waals surface area (Å²) in [5, 5.41) is 10.8. The van der Waals surface area contributed by atoms with Crippen LogP contribution >= 0.6 is 0 Å². The zero-order valence-electron chi connectivity index (χ0n) is 13.4. The molecule has 0 saturated heterocycles. The van der Waals surface area contributed by atoms with Gasteiger partial charge in [0.05, 0.1) is 5.60 Å². The highest BCUT2D eigenvalue weighted by molar-refractivity contribution is 5.26. The first-order chi connectivity index (χ1) is 9.31. The van der Waals surface area contributed by atoms with Crippen LogP contribution in [0.2, 0.25) is 0 Å².